The summed E-state index contributed by atoms with van der Waals surface area (Å²) in [6.45, 7) is 1.89. The number of hydrogen-bond donors (Lipinski definition) is 1. The zero-order valence-electron chi connectivity index (χ0n) is 14.7. The van der Waals surface area contributed by atoms with Gasteiger partial charge in [-0.1, -0.05) is 48.7 Å². The molecule has 0 radical (unpaired) electrons. The lowest BCUT2D eigenvalue weighted by atomic mass is 9.79. The summed E-state index contributed by atoms with van der Waals surface area (Å²) in [5.74, 6) is 0.0282. The highest BCUT2D eigenvalue weighted by Gasteiger charge is 2.36. The van der Waals surface area contributed by atoms with Gasteiger partial charge in [0.05, 0.1) is 4.90 Å². The van der Waals surface area contributed by atoms with Crippen molar-refractivity contribution < 1.29 is 13.2 Å². The van der Waals surface area contributed by atoms with Crippen molar-refractivity contribution in [3.8, 4) is 0 Å². The van der Waals surface area contributed by atoms with Gasteiger partial charge in [0.2, 0.25) is 10.0 Å². The number of hydrogen-bond acceptors (Lipinski definition) is 3. The molecule has 1 aliphatic carbocycles. The van der Waals surface area contributed by atoms with E-state index in [-0.39, 0.29) is 16.1 Å². The number of benzene rings is 2. The van der Waals surface area contributed by atoms with Gasteiger partial charge in [-0.2, -0.15) is 0 Å². The van der Waals surface area contributed by atoms with Crippen LogP contribution < -0.4 is 4.72 Å². The number of halogens is 1. The fourth-order valence-electron chi connectivity index (χ4n) is 3.61. The monoisotopic (exact) mass is 391 g/mol. The molecule has 0 aromatic heterocycles. The van der Waals surface area contributed by atoms with Gasteiger partial charge in [0.1, 0.15) is 0 Å². The highest BCUT2D eigenvalue weighted by atomic mass is 35.5. The first-order chi connectivity index (χ1) is 12.3. The molecule has 0 bridgehead atoms. The third kappa shape index (κ3) is 4.00. The molecule has 1 saturated carbocycles. The van der Waals surface area contributed by atoms with Crippen molar-refractivity contribution in [2.45, 2.75) is 42.9 Å². The molecule has 0 saturated heterocycles. The number of ketones is 1. The van der Waals surface area contributed by atoms with Crippen molar-refractivity contribution >= 4 is 27.4 Å². The molecule has 0 aliphatic heterocycles. The summed E-state index contributed by atoms with van der Waals surface area (Å²) in [6, 6.07) is 13.7. The Balaban J connectivity index is 1.82. The Kier molecular flexibility index (Phi) is 5.51. The largest absolute Gasteiger partial charge is 0.295 e. The van der Waals surface area contributed by atoms with Crippen LogP contribution in [0.3, 0.4) is 0 Å². The second-order valence-corrected chi connectivity index (χ2v) is 9.10. The summed E-state index contributed by atoms with van der Waals surface area (Å²) in [4.78, 5) is 11.7. The molecular weight excluding hydrogens is 370 g/mol. The van der Waals surface area contributed by atoms with E-state index in [4.69, 9.17) is 11.6 Å². The molecule has 2 aromatic rings. The topological polar surface area (TPSA) is 63.2 Å². The second kappa shape index (κ2) is 7.51. The normalized spacial score (nSPS) is 16.5. The molecule has 3 rings (SSSR count). The Labute approximate surface area is 159 Å². The summed E-state index contributed by atoms with van der Waals surface area (Å²) in [7, 11) is -3.59. The van der Waals surface area contributed by atoms with Gasteiger partial charge in [-0.3, -0.25) is 4.79 Å². The van der Waals surface area contributed by atoms with Crippen LogP contribution in [-0.2, 0) is 15.4 Å². The lowest BCUT2D eigenvalue weighted by Gasteiger charge is -2.30. The number of carbonyl (C=O) groups excluding carboxylic acids is 1. The lowest BCUT2D eigenvalue weighted by molar-refractivity contribution is 0.101. The van der Waals surface area contributed by atoms with Crippen LogP contribution in [-0.4, -0.2) is 20.7 Å². The molecule has 0 unspecified atom stereocenters. The van der Waals surface area contributed by atoms with Gasteiger partial charge in [0.25, 0.3) is 0 Å². The Morgan fingerprint density at radius 2 is 1.62 bits per heavy atom. The van der Waals surface area contributed by atoms with Crippen LogP contribution >= 0.6 is 11.6 Å². The van der Waals surface area contributed by atoms with Crippen LogP contribution in [0.15, 0.2) is 53.4 Å². The first-order valence-corrected chi connectivity index (χ1v) is 10.6. The molecule has 26 heavy (non-hydrogen) atoms. The minimum Gasteiger partial charge on any atom is -0.295 e. The number of sulfonamides is 1. The lowest BCUT2D eigenvalue weighted by Crippen LogP contribution is -2.39. The van der Waals surface area contributed by atoms with Crippen LogP contribution in [0, 0.1) is 0 Å². The number of carbonyl (C=O) groups is 1. The summed E-state index contributed by atoms with van der Waals surface area (Å²) in [5.41, 5.74) is 1.52. The number of rotatable bonds is 6. The minimum absolute atomic E-state index is 0.0282. The molecule has 0 atom stereocenters. The van der Waals surface area contributed by atoms with Crippen molar-refractivity contribution in [1.29, 1.82) is 0 Å². The van der Waals surface area contributed by atoms with Gasteiger partial charge >= 0.3 is 0 Å². The van der Waals surface area contributed by atoms with E-state index in [2.05, 4.69) is 4.72 Å². The molecule has 0 spiro atoms. The third-order valence-electron chi connectivity index (χ3n) is 5.19. The highest BCUT2D eigenvalue weighted by molar-refractivity contribution is 7.89. The average molecular weight is 392 g/mol. The van der Waals surface area contributed by atoms with Crippen LogP contribution in [0.1, 0.15) is 48.5 Å². The van der Waals surface area contributed by atoms with E-state index in [0.29, 0.717) is 17.1 Å². The van der Waals surface area contributed by atoms with Gasteiger partial charge in [-0.15, -0.1) is 0 Å². The Morgan fingerprint density at radius 3 is 2.15 bits per heavy atom. The standard InChI is InChI=1S/C20H22ClNO3S/c1-15(23)16-4-6-17(7-5-16)20(12-2-3-13-20)14-22-26(24,25)19-10-8-18(21)9-11-19/h4-11,22H,2-3,12-14H2,1H3. The molecule has 6 heteroatoms. The first-order valence-electron chi connectivity index (χ1n) is 8.69. The smallest absolute Gasteiger partial charge is 0.240 e. The maximum atomic E-state index is 12.6. The molecule has 1 aliphatic rings. The Bertz CT molecular complexity index is 884. The van der Waals surface area contributed by atoms with Gasteiger partial charge in [-0.05, 0) is 49.6 Å². The zero-order valence-corrected chi connectivity index (χ0v) is 16.2. The van der Waals surface area contributed by atoms with Gasteiger partial charge in [0, 0.05) is 22.5 Å². The summed E-state index contributed by atoms with van der Waals surface area (Å²) in [5, 5.41) is 0.502. The maximum Gasteiger partial charge on any atom is 0.240 e. The van der Waals surface area contributed by atoms with Gasteiger partial charge < -0.3 is 0 Å². The van der Waals surface area contributed by atoms with E-state index in [1.165, 1.54) is 12.1 Å². The molecule has 0 amide bonds. The van der Waals surface area contributed by atoms with Crippen LogP contribution in [0.25, 0.3) is 0 Å². The van der Waals surface area contributed by atoms with Crippen molar-refractivity contribution in [3.63, 3.8) is 0 Å². The van der Waals surface area contributed by atoms with E-state index < -0.39 is 10.0 Å². The maximum absolute atomic E-state index is 12.6. The van der Waals surface area contributed by atoms with Crippen molar-refractivity contribution in [1.82, 2.24) is 4.72 Å². The Morgan fingerprint density at radius 1 is 1.04 bits per heavy atom. The van der Waals surface area contributed by atoms with E-state index in [0.717, 1.165) is 31.2 Å². The van der Waals surface area contributed by atoms with Crippen LogP contribution in [0.2, 0.25) is 5.02 Å². The number of nitrogens with one attached hydrogen (secondary N) is 1. The van der Waals surface area contributed by atoms with Gasteiger partial charge in [0.15, 0.2) is 5.78 Å². The fraction of sp³-hybridized carbons (Fsp3) is 0.350. The fourth-order valence-corrected chi connectivity index (χ4v) is 4.86. The molecule has 138 valence electrons. The summed E-state index contributed by atoms with van der Waals surface area (Å²) >= 11 is 5.84. The van der Waals surface area contributed by atoms with Crippen LogP contribution in [0.4, 0.5) is 0 Å². The predicted octanol–water partition coefficient (Wildman–Crippen LogP) is 4.33. The molecule has 4 nitrogen and oxygen atoms in total. The molecular formula is C20H22ClNO3S. The van der Waals surface area contributed by atoms with E-state index in [9.17, 15) is 13.2 Å². The van der Waals surface area contributed by atoms with Crippen LogP contribution in [0.5, 0.6) is 0 Å². The number of Topliss-reactive ketones (excluding diaryl/α,β-unsaturated/α-hetero) is 1. The third-order valence-corrected chi connectivity index (χ3v) is 6.86. The highest BCUT2D eigenvalue weighted by Crippen LogP contribution is 2.41. The van der Waals surface area contributed by atoms with E-state index in [1.54, 1.807) is 19.1 Å². The summed E-state index contributed by atoms with van der Waals surface area (Å²) < 4.78 is 28.0. The van der Waals surface area contributed by atoms with Crippen molar-refractivity contribution in [2.75, 3.05) is 6.54 Å². The van der Waals surface area contributed by atoms with Crippen molar-refractivity contribution in [3.05, 3.63) is 64.7 Å². The first kappa shape index (κ1) is 19.1. The minimum atomic E-state index is -3.59. The zero-order chi connectivity index (χ0) is 18.8. The molecule has 1 fully saturated rings. The summed E-state index contributed by atoms with van der Waals surface area (Å²) in [6.07, 6.45) is 3.99. The second-order valence-electron chi connectivity index (χ2n) is 6.90. The SMILES string of the molecule is CC(=O)c1ccc(C2(CNS(=O)(=O)c3ccc(Cl)cc3)CCCC2)cc1. The van der Waals surface area contributed by atoms with Crippen molar-refractivity contribution in [2.24, 2.45) is 0 Å². The molecule has 1 N–H and O–H groups in total. The quantitative estimate of drug-likeness (QED) is 0.745. The molecule has 2 aromatic carbocycles. The predicted molar refractivity (Wildman–Crippen MR) is 103 cm³/mol. The van der Waals surface area contributed by atoms with E-state index >= 15 is 0 Å². The Hall–Kier alpha value is -1.69. The van der Waals surface area contributed by atoms with Gasteiger partial charge in [-0.25, -0.2) is 13.1 Å². The molecule has 0 heterocycles. The van der Waals surface area contributed by atoms with E-state index in [1.807, 2.05) is 24.3 Å². The average Bonchev–Trinajstić information content (AvgIpc) is 3.11.